The molecular weight excluding hydrogens is 230 g/mol. The van der Waals surface area contributed by atoms with Crippen molar-refractivity contribution in [2.75, 3.05) is 6.61 Å². The highest BCUT2D eigenvalue weighted by molar-refractivity contribution is 5.85. The van der Waals surface area contributed by atoms with E-state index >= 15 is 0 Å². The molecule has 0 radical (unpaired) electrons. The van der Waals surface area contributed by atoms with Crippen LogP contribution < -0.4 is 10.5 Å². The Bertz CT molecular complexity index is 327. The third-order valence-electron chi connectivity index (χ3n) is 2.01. The number of hydrogen-bond donors (Lipinski definition) is 2. The molecule has 0 amide bonds. The van der Waals surface area contributed by atoms with Crippen molar-refractivity contribution in [3.8, 4) is 5.75 Å². The van der Waals surface area contributed by atoms with Gasteiger partial charge in [-0.05, 0) is 31.0 Å². The van der Waals surface area contributed by atoms with Crippen LogP contribution in [0.4, 0.5) is 0 Å². The number of benzene rings is 1. The van der Waals surface area contributed by atoms with E-state index in [0.29, 0.717) is 13.0 Å². The standard InChI is InChI=1S/C11H15NO3.ClH/c1-2-15-9-5-3-8(4-6-9)7-10(12)11(13)14;/h3-6,10H,2,7,12H2,1H3,(H,13,14);1H/t10-;/m1./s1. The molecule has 3 N–H and O–H groups in total. The summed E-state index contributed by atoms with van der Waals surface area (Å²) in [7, 11) is 0. The molecule has 1 aromatic rings. The van der Waals surface area contributed by atoms with Gasteiger partial charge in [-0.15, -0.1) is 12.4 Å². The molecule has 0 aliphatic carbocycles. The van der Waals surface area contributed by atoms with Crippen LogP contribution in [0.1, 0.15) is 12.5 Å². The van der Waals surface area contributed by atoms with Gasteiger partial charge in [-0.1, -0.05) is 12.1 Å². The number of halogens is 1. The van der Waals surface area contributed by atoms with Crippen LogP contribution in [0.3, 0.4) is 0 Å². The van der Waals surface area contributed by atoms with Crippen LogP contribution in [-0.4, -0.2) is 23.7 Å². The van der Waals surface area contributed by atoms with Crippen molar-refractivity contribution in [3.63, 3.8) is 0 Å². The first kappa shape index (κ1) is 14.7. The lowest BCUT2D eigenvalue weighted by Crippen LogP contribution is -2.32. The summed E-state index contributed by atoms with van der Waals surface area (Å²) in [5, 5.41) is 8.63. The number of carboxylic acids is 1. The van der Waals surface area contributed by atoms with Crippen LogP contribution in [0.5, 0.6) is 5.75 Å². The van der Waals surface area contributed by atoms with Crippen molar-refractivity contribution in [1.29, 1.82) is 0 Å². The Hall–Kier alpha value is -1.26. The third kappa shape index (κ3) is 4.51. The molecule has 0 aliphatic heterocycles. The molecule has 0 unspecified atom stereocenters. The van der Waals surface area contributed by atoms with Gasteiger partial charge in [0.15, 0.2) is 0 Å². The van der Waals surface area contributed by atoms with Crippen molar-refractivity contribution in [2.45, 2.75) is 19.4 Å². The van der Waals surface area contributed by atoms with Gasteiger partial charge in [0.05, 0.1) is 6.61 Å². The molecular formula is C11H16ClNO3. The zero-order valence-electron chi connectivity index (χ0n) is 9.05. The van der Waals surface area contributed by atoms with E-state index in [2.05, 4.69) is 0 Å². The van der Waals surface area contributed by atoms with Gasteiger partial charge in [0.1, 0.15) is 11.8 Å². The largest absolute Gasteiger partial charge is 0.494 e. The Morgan fingerprint density at radius 3 is 2.44 bits per heavy atom. The quantitative estimate of drug-likeness (QED) is 0.824. The van der Waals surface area contributed by atoms with Gasteiger partial charge in [0, 0.05) is 0 Å². The molecule has 16 heavy (non-hydrogen) atoms. The molecule has 0 fully saturated rings. The highest BCUT2D eigenvalue weighted by Gasteiger charge is 2.11. The van der Waals surface area contributed by atoms with Gasteiger partial charge in [-0.3, -0.25) is 4.79 Å². The number of nitrogens with two attached hydrogens (primary N) is 1. The molecule has 0 aliphatic rings. The summed E-state index contributed by atoms with van der Waals surface area (Å²) in [6.45, 7) is 2.53. The smallest absolute Gasteiger partial charge is 0.320 e. The van der Waals surface area contributed by atoms with E-state index in [1.165, 1.54) is 0 Å². The Morgan fingerprint density at radius 1 is 1.44 bits per heavy atom. The summed E-state index contributed by atoms with van der Waals surface area (Å²) >= 11 is 0. The molecule has 0 bridgehead atoms. The molecule has 0 saturated heterocycles. The van der Waals surface area contributed by atoms with Gasteiger partial charge >= 0.3 is 5.97 Å². The number of carbonyl (C=O) groups is 1. The van der Waals surface area contributed by atoms with Gasteiger partial charge < -0.3 is 15.6 Å². The summed E-state index contributed by atoms with van der Waals surface area (Å²) in [6, 6.07) is 6.44. The van der Waals surface area contributed by atoms with E-state index < -0.39 is 12.0 Å². The lowest BCUT2D eigenvalue weighted by molar-refractivity contribution is -0.138. The molecule has 0 saturated carbocycles. The first-order chi connectivity index (χ1) is 7.13. The fourth-order valence-electron chi connectivity index (χ4n) is 1.23. The summed E-state index contributed by atoms with van der Waals surface area (Å²) in [5.41, 5.74) is 6.31. The number of rotatable bonds is 5. The zero-order valence-corrected chi connectivity index (χ0v) is 9.87. The van der Waals surface area contributed by atoms with E-state index in [9.17, 15) is 4.79 Å². The van der Waals surface area contributed by atoms with Crippen LogP contribution >= 0.6 is 12.4 Å². The van der Waals surface area contributed by atoms with E-state index in [1.807, 2.05) is 31.2 Å². The van der Waals surface area contributed by atoms with Crippen LogP contribution in [0, 0.1) is 0 Å². The summed E-state index contributed by atoms with van der Waals surface area (Å²) in [5.74, 6) is -0.200. The molecule has 5 heteroatoms. The average molecular weight is 246 g/mol. The van der Waals surface area contributed by atoms with Crippen molar-refractivity contribution in [2.24, 2.45) is 5.73 Å². The predicted octanol–water partition coefficient (Wildman–Crippen LogP) is 1.46. The maximum absolute atomic E-state index is 10.5. The molecule has 1 aromatic carbocycles. The number of hydrogen-bond acceptors (Lipinski definition) is 3. The van der Waals surface area contributed by atoms with Crippen molar-refractivity contribution in [3.05, 3.63) is 29.8 Å². The second-order valence-corrected chi connectivity index (χ2v) is 3.23. The van der Waals surface area contributed by atoms with Crippen molar-refractivity contribution >= 4 is 18.4 Å². The fourth-order valence-corrected chi connectivity index (χ4v) is 1.23. The maximum atomic E-state index is 10.5. The van der Waals surface area contributed by atoms with E-state index in [1.54, 1.807) is 0 Å². The van der Waals surface area contributed by atoms with E-state index in [0.717, 1.165) is 11.3 Å². The van der Waals surface area contributed by atoms with Crippen LogP contribution in [-0.2, 0) is 11.2 Å². The molecule has 1 atom stereocenters. The Balaban J connectivity index is 0.00000225. The van der Waals surface area contributed by atoms with E-state index in [-0.39, 0.29) is 12.4 Å². The van der Waals surface area contributed by atoms with Crippen LogP contribution in [0.15, 0.2) is 24.3 Å². The van der Waals surface area contributed by atoms with Crippen molar-refractivity contribution in [1.82, 2.24) is 0 Å². The summed E-state index contributed by atoms with van der Waals surface area (Å²) in [4.78, 5) is 10.5. The number of ether oxygens (including phenoxy) is 1. The van der Waals surface area contributed by atoms with Crippen LogP contribution in [0.25, 0.3) is 0 Å². The molecule has 0 heterocycles. The summed E-state index contributed by atoms with van der Waals surface area (Å²) < 4.78 is 5.27. The average Bonchev–Trinajstić information content (AvgIpc) is 2.21. The maximum Gasteiger partial charge on any atom is 0.320 e. The molecule has 4 nitrogen and oxygen atoms in total. The number of carboxylic acid groups (broad SMARTS) is 1. The SMILES string of the molecule is CCOc1ccc(C[C@@H](N)C(=O)O)cc1.Cl. The number of aliphatic carboxylic acids is 1. The van der Waals surface area contributed by atoms with Crippen LogP contribution in [0.2, 0.25) is 0 Å². The first-order valence-electron chi connectivity index (χ1n) is 4.83. The Morgan fingerprint density at radius 2 is 2.00 bits per heavy atom. The predicted molar refractivity (Wildman–Crippen MR) is 64.2 cm³/mol. The molecule has 0 aromatic heterocycles. The molecule has 90 valence electrons. The fraction of sp³-hybridized carbons (Fsp3) is 0.364. The Labute approximate surface area is 101 Å². The first-order valence-corrected chi connectivity index (χ1v) is 4.83. The molecule has 1 rings (SSSR count). The second kappa shape index (κ2) is 7.09. The lowest BCUT2D eigenvalue weighted by Gasteiger charge is -2.07. The van der Waals surface area contributed by atoms with Gasteiger partial charge in [0.2, 0.25) is 0 Å². The second-order valence-electron chi connectivity index (χ2n) is 3.23. The van der Waals surface area contributed by atoms with Gasteiger partial charge in [0.25, 0.3) is 0 Å². The zero-order chi connectivity index (χ0) is 11.3. The Kier molecular flexibility index (Phi) is 6.53. The lowest BCUT2D eigenvalue weighted by atomic mass is 10.1. The minimum Gasteiger partial charge on any atom is -0.494 e. The third-order valence-corrected chi connectivity index (χ3v) is 2.01. The van der Waals surface area contributed by atoms with Gasteiger partial charge in [-0.2, -0.15) is 0 Å². The van der Waals surface area contributed by atoms with Gasteiger partial charge in [-0.25, -0.2) is 0 Å². The minimum atomic E-state index is -0.983. The molecule has 0 spiro atoms. The topological polar surface area (TPSA) is 72.5 Å². The highest BCUT2D eigenvalue weighted by Crippen LogP contribution is 2.12. The highest BCUT2D eigenvalue weighted by atomic mass is 35.5. The minimum absolute atomic E-state index is 0. The normalized spacial score (nSPS) is 11.4. The van der Waals surface area contributed by atoms with Crippen molar-refractivity contribution < 1.29 is 14.6 Å². The van der Waals surface area contributed by atoms with E-state index in [4.69, 9.17) is 15.6 Å². The summed E-state index contributed by atoms with van der Waals surface area (Å²) in [6.07, 6.45) is 0.335. The monoisotopic (exact) mass is 245 g/mol.